The molecule has 3 rings (SSSR count). The summed E-state index contributed by atoms with van der Waals surface area (Å²) in [6.45, 7) is 6.45. The van der Waals surface area contributed by atoms with Crippen LogP contribution in [0.25, 0.3) is 0 Å². The number of nitrogens with one attached hydrogen (secondary N) is 1. The summed E-state index contributed by atoms with van der Waals surface area (Å²) in [5.74, 6) is 2.72. The molecule has 1 aliphatic rings. The van der Waals surface area contributed by atoms with E-state index in [-0.39, 0.29) is 6.04 Å². The second-order valence-corrected chi connectivity index (χ2v) is 5.67. The molecule has 2 heterocycles. The van der Waals surface area contributed by atoms with Crippen molar-refractivity contribution in [2.75, 3.05) is 6.54 Å². The lowest BCUT2D eigenvalue weighted by Gasteiger charge is -2.18. The maximum Gasteiger partial charge on any atom is 0.149 e. The van der Waals surface area contributed by atoms with E-state index in [9.17, 15) is 0 Å². The van der Waals surface area contributed by atoms with E-state index in [1.54, 1.807) is 0 Å². The van der Waals surface area contributed by atoms with Gasteiger partial charge in [0.25, 0.3) is 0 Å². The van der Waals surface area contributed by atoms with E-state index in [0.29, 0.717) is 5.92 Å². The van der Waals surface area contributed by atoms with Gasteiger partial charge in [-0.15, -0.1) is 10.2 Å². The fourth-order valence-corrected chi connectivity index (χ4v) is 2.84. The third kappa shape index (κ3) is 2.61. The molecule has 2 atom stereocenters. The molecule has 0 fully saturated rings. The normalized spacial score (nSPS) is 16.9. The lowest BCUT2D eigenvalue weighted by atomic mass is 10.0. The monoisotopic (exact) mass is 270 g/mol. The number of benzene rings is 1. The molecule has 1 aliphatic heterocycles. The summed E-state index contributed by atoms with van der Waals surface area (Å²) in [4.78, 5) is 0. The Labute approximate surface area is 120 Å². The number of fused-ring (bicyclic) bond motifs is 1. The SMILES string of the molecule is CC(CNC(C)c1nnc2n1CCC2)c1ccccc1. The van der Waals surface area contributed by atoms with Crippen LogP contribution >= 0.6 is 0 Å². The van der Waals surface area contributed by atoms with Gasteiger partial charge in [-0.2, -0.15) is 0 Å². The first-order valence-corrected chi connectivity index (χ1v) is 7.46. The number of nitrogens with zero attached hydrogens (tertiary/aromatic N) is 3. The Morgan fingerprint density at radius 2 is 2.00 bits per heavy atom. The van der Waals surface area contributed by atoms with E-state index in [4.69, 9.17) is 0 Å². The molecule has 4 heteroatoms. The van der Waals surface area contributed by atoms with Crippen LogP contribution in [0, 0.1) is 0 Å². The first-order chi connectivity index (χ1) is 9.75. The molecule has 0 aliphatic carbocycles. The van der Waals surface area contributed by atoms with Gasteiger partial charge in [0.2, 0.25) is 0 Å². The molecule has 2 aromatic rings. The van der Waals surface area contributed by atoms with Crippen LogP contribution in [0.2, 0.25) is 0 Å². The van der Waals surface area contributed by atoms with Crippen LogP contribution in [0.1, 0.15) is 49.4 Å². The maximum atomic E-state index is 4.34. The third-order valence-corrected chi connectivity index (χ3v) is 4.12. The third-order valence-electron chi connectivity index (χ3n) is 4.12. The maximum absolute atomic E-state index is 4.34. The largest absolute Gasteiger partial charge is 0.314 e. The van der Waals surface area contributed by atoms with E-state index in [2.05, 4.69) is 64.3 Å². The quantitative estimate of drug-likeness (QED) is 0.908. The molecule has 0 saturated carbocycles. The molecule has 0 radical (unpaired) electrons. The summed E-state index contributed by atoms with van der Waals surface area (Å²) >= 11 is 0. The smallest absolute Gasteiger partial charge is 0.149 e. The van der Waals surface area contributed by atoms with E-state index in [1.807, 2.05) is 0 Å². The molecule has 0 saturated heterocycles. The second-order valence-electron chi connectivity index (χ2n) is 5.67. The molecule has 0 spiro atoms. The fraction of sp³-hybridized carbons (Fsp3) is 0.500. The van der Waals surface area contributed by atoms with E-state index < -0.39 is 0 Å². The molecule has 20 heavy (non-hydrogen) atoms. The van der Waals surface area contributed by atoms with Crippen molar-refractivity contribution >= 4 is 0 Å². The summed E-state index contributed by atoms with van der Waals surface area (Å²) < 4.78 is 2.27. The summed E-state index contributed by atoms with van der Waals surface area (Å²) in [6.07, 6.45) is 2.27. The van der Waals surface area contributed by atoms with E-state index in [1.165, 1.54) is 12.0 Å². The first kappa shape index (κ1) is 13.3. The predicted octanol–water partition coefficient (Wildman–Crippen LogP) is 2.68. The topological polar surface area (TPSA) is 42.7 Å². The van der Waals surface area contributed by atoms with Crippen molar-refractivity contribution in [2.24, 2.45) is 0 Å². The molecule has 2 unspecified atom stereocenters. The highest BCUT2D eigenvalue weighted by atomic mass is 15.3. The van der Waals surface area contributed by atoms with Gasteiger partial charge in [-0.05, 0) is 24.8 Å². The van der Waals surface area contributed by atoms with Gasteiger partial charge in [0.1, 0.15) is 11.6 Å². The zero-order valence-electron chi connectivity index (χ0n) is 12.2. The molecule has 4 nitrogen and oxygen atoms in total. The summed E-state index contributed by atoms with van der Waals surface area (Å²) in [5.41, 5.74) is 1.37. The highest BCUT2D eigenvalue weighted by molar-refractivity contribution is 5.19. The van der Waals surface area contributed by atoms with Gasteiger partial charge in [0.15, 0.2) is 0 Å². The minimum absolute atomic E-state index is 0.250. The lowest BCUT2D eigenvalue weighted by molar-refractivity contribution is 0.495. The average molecular weight is 270 g/mol. The highest BCUT2D eigenvalue weighted by Gasteiger charge is 2.21. The Balaban J connectivity index is 1.61. The minimum atomic E-state index is 0.250. The van der Waals surface area contributed by atoms with Crippen molar-refractivity contribution in [3.63, 3.8) is 0 Å². The number of aromatic nitrogens is 3. The van der Waals surface area contributed by atoms with Crippen LogP contribution in [0.5, 0.6) is 0 Å². The molecule has 106 valence electrons. The van der Waals surface area contributed by atoms with Gasteiger partial charge < -0.3 is 9.88 Å². The predicted molar refractivity (Wildman–Crippen MR) is 79.6 cm³/mol. The van der Waals surface area contributed by atoms with Crippen molar-refractivity contribution in [1.82, 2.24) is 20.1 Å². The minimum Gasteiger partial charge on any atom is -0.314 e. The fourth-order valence-electron chi connectivity index (χ4n) is 2.84. The van der Waals surface area contributed by atoms with Crippen LogP contribution in [0.3, 0.4) is 0 Å². The van der Waals surface area contributed by atoms with Crippen LogP contribution in [0.15, 0.2) is 30.3 Å². The van der Waals surface area contributed by atoms with E-state index in [0.717, 1.165) is 31.2 Å². The van der Waals surface area contributed by atoms with Crippen molar-refractivity contribution in [1.29, 1.82) is 0 Å². The van der Waals surface area contributed by atoms with Crippen LogP contribution in [0.4, 0.5) is 0 Å². The zero-order valence-corrected chi connectivity index (χ0v) is 12.2. The Bertz CT molecular complexity index is 561. The van der Waals surface area contributed by atoms with Gasteiger partial charge in [0, 0.05) is 19.5 Å². The van der Waals surface area contributed by atoms with Gasteiger partial charge in [-0.3, -0.25) is 0 Å². The molecule has 1 N–H and O–H groups in total. The van der Waals surface area contributed by atoms with E-state index >= 15 is 0 Å². The summed E-state index contributed by atoms with van der Waals surface area (Å²) in [5, 5.41) is 12.2. The van der Waals surface area contributed by atoms with Crippen molar-refractivity contribution in [2.45, 2.75) is 45.2 Å². The average Bonchev–Trinajstić information content (AvgIpc) is 3.08. The molecular weight excluding hydrogens is 248 g/mol. The molecular formula is C16H22N4. The first-order valence-electron chi connectivity index (χ1n) is 7.46. The van der Waals surface area contributed by atoms with Gasteiger partial charge >= 0.3 is 0 Å². The van der Waals surface area contributed by atoms with Gasteiger partial charge in [-0.25, -0.2) is 0 Å². The Kier molecular flexibility index (Phi) is 3.83. The van der Waals surface area contributed by atoms with Crippen molar-refractivity contribution in [3.05, 3.63) is 47.5 Å². The summed E-state index contributed by atoms with van der Waals surface area (Å²) in [7, 11) is 0. The summed E-state index contributed by atoms with van der Waals surface area (Å²) in [6, 6.07) is 10.9. The number of aryl methyl sites for hydroxylation is 1. The number of hydrogen-bond donors (Lipinski definition) is 1. The zero-order chi connectivity index (χ0) is 13.9. The molecule has 1 aromatic carbocycles. The van der Waals surface area contributed by atoms with Crippen LogP contribution in [-0.2, 0) is 13.0 Å². The highest BCUT2D eigenvalue weighted by Crippen LogP contribution is 2.20. The van der Waals surface area contributed by atoms with Gasteiger partial charge in [0.05, 0.1) is 6.04 Å². The Hall–Kier alpha value is -1.68. The Morgan fingerprint density at radius 1 is 1.20 bits per heavy atom. The molecule has 1 aromatic heterocycles. The Morgan fingerprint density at radius 3 is 2.80 bits per heavy atom. The molecule has 0 bridgehead atoms. The molecule has 0 amide bonds. The number of hydrogen-bond acceptors (Lipinski definition) is 3. The van der Waals surface area contributed by atoms with Gasteiger partial charge in [-0.1, -0.05) is 37.3 Å². The van der Waals surface area contributed by atoms with Crippen molar-refractivity contribution in [3.8, 4) is 0 Å². The lowest BCUT2D eigenvalue weighted by Crippen LogP contribution is -2.26. The number of rotatable bonds is 5. The second kappa shape index (κ2) is 5.75. The standard InChI is InChI=1S/C16H22N4/c1-12(14-7-4-3-5-8-14)11-17-13(2)16-19-18-15-9-6-10-20(15)16/h3-5,7-8,12-13,17H,6,9-11H2,1-2H3. The van der Waals surface area contributed by atoms with Crippen LogP contribution in [-0.4, -0.2) is 21.3 Å². The van der Waals surface area contributed by atoms with Crippen LogP contribution < -0.4 is 5.32 Å². The van der Waals surface area contributed by atoms with Crippen molar-refractivity contribution < 1.29 is 0 Å².